The predicted molar refractivity (Wildman–Crippen MR) is 122 cm³/mol. The Bertz CT molecular complexity index is 1300. The number of benzene rings is 2. The first kappa shape index (κ1) is 23.4. The normalized spacial score (nSPS) is 25.9. The van der Waals surface area contributed by atoms with Gasteiger partial charge in [0.05, 0.1) is 28.6 Å². The lowest BCUT2D eigenvalue weighted by molar-refractivity contribution is -0.384. The molecule has 184 valence electrons. The van der Waals surface area contributed by atoms with Gasteiger partial charge in [-0.25, -0.2) is 4.90 Å². The quantitative estimate of drug-likeness (QED) is 0.148. The van der Waals surface area contributed by atoms with Crippen LogP contribution >= 0.6 is 0 Å². The second-order valence-corrected chi connectivity index (χ2v) is 8.71. The van der Waals surface area contributed by atoms with E-state index in [-0.39, 0.29) is 5.69 Å². The van der Waals surface area contributed by atoms with Crippen LogP contribution in [-0.2, 0) is 33.4 Å². The molecule has 2 fully saturated rings. The van der Waals surface area contributed by atoms with Crippen molar-refractivity contribution in [1.29, 1.82) is 0 Å². The molecule has 2 aromatic rings. The first-order valence-corrected chi connectivity index (χ1v) is 11.1. The zero-order chi connectivity index (χ0) is 25.8. The van der Waals surface area contributed by atoms with Crippen LogP contribution in [-0.4, -0.2) is 46.7 Å². The Hall–Kier alpha value is -4.38. The highest BCUT2D eigenvalue weighted by Crippen LogP contribution is 2.54. The van der Waals surface area contributed by atoms with E-state index in [9.17, 15) is 29.3 Å². The van der Waals surface area contributed by atoms with E-state index in [0.717, 1.165) is 29.9 Å². The number of non-ortho nitro benzene ring substituents is 1. The highest BCUT2D eigenvalue weighted by Gasteiger charge is 2.72. The van der Waals surface area contributed by atoms with Crippen molar-refractivity contribution in [3.63, 3.8) is 0 Å². The molecule has 4 atom stereocenters. The molecule has 3 aliphatic rings. The number of amides is 2. The second kappa shape index (κ2) is 8.38. The number of fused-ring (bicyclic) bond motifs is 5. The molecule has 0 aromatic heterocycles. The Labute approximate surface area is 204 Å². The van der Waals surface area contributed by atoms with Gasteiger partial charge in [0.1, 0.15) is 0 Å². The van der Waals surface area contributed by atoms with E-state index in [1.54, 1.807) is 42.5 Å². The first-order valence-electron chi connectivity index (χ1n) is 11.1. The third-order valence-electron chi connectivity index (χ3n) is 6.53. The van der Waals surface area contributed by atoms with Crippen LogP contribution in [0.5, 0.6) is 0 Å². The third-order valence-corrected chi connectivity index (χ3v) is 6.53. The lowest BCUT2D eigenvalue weighted by Gasteiger charge is -2.34. The van der Waals surface area contributed by atoms with Crippen molar-refractivity contribution in [3.05, 3.63) is 70.8 Å². The number of anilines is 1. The Morgan fingerprint density at radius 3 is 2.06 bits per heavy atom. The van der Waals surface area contributed by atoms with Crippen molar-refractivity contribution >= 4 is 35.1 Å². The predicted octanol–water partition coefficient (Wildman–Crippen LogP) is 2.53. The van der Waals surface area contributed by atoms with Crippen LogP contribution < -0.4 is 4.90 Å². The summed E-state index contributed by atoms with van der Waals surface area (Å²) in [4.78, 5) is 61.8. The van der Waals surface area contributed by atoms with Crippen LogP contribution in [0.4, 0.5) is 11.4 Å². The Morgan fingerprint density at radius 2 is 1.53 bits per heavy atom. The summed E-state index contributed by atoms with van der Waals surface area (Å²) in [6.07, 6.45) is 0.837. The van der Waals surface area contributed by atoms with Gasteiger partial charge in [0, 0.05) is 26.0 Å². The number of hydrogen-bond acceptors (Lipinski definition) is 9. The molecule has 0 spiro atoms. The van der Waals surface area contributed by atoms with Crippen molar-refractivity contribution in [3.8, 4) is 11.1 Å². The van der Waals surface area contributed by atoms with Crippen molar-refractivity contribution in [2.75, 3.05) is 4.90 Å². The molecule has 2 aromatic carbocycles. The number of carbonyl (C=O) groups is 4. The summed E-state index contributed by atoms with van der Waals surface area (Å²) in [5.41, 5.74) is 0.140. The van der Waals surface area contributed by atoms with E-state index in [0.29, 0.717) is 5.69 Å². The standard InChI is InChI=1S/C25H20N2O9/c1-13(28)34-24(35-14(2)29)25-12-11-19(36-25)20-21(25)23(31)26(22(20)30)17-7-3-15(4-8-17)16-5-9-18(10-6-16)27(32)33/h3-12,19-21,24H,1-2H3/t19-,20-,21+,25+/m1/s1. The van der Waals surface area contributed by atoms with Crippen molar-refractivity contribution in [2.45, 2.75) is 31.8 Å². The fourth-order valence-corrected chi connectivity index (χ4v) is 5.05. The summed E-state index contributed by atoms with van der Waals surface area (Å²) in [6.45, 7) is 2.27. The monoisotopic (exact) mass is 492 g/mol. The molecule has 2 amide bonds. The SMILES string of the molecule is CC(=O)OC(OC(C)=O)[C@@]12C=C[C@@H](O1)[C@H]1C(=O)N(c3ccc(-c4ccc([N+](=O)[O-])cc4)cc3)C(=O)[C@H]12. The van der Waals surface area contributed by atoms with Gasteiger partial charge < -0.3 is 14.2 Å². The summed E-state index contributed by atoms with van der Waals surface area (Å²) < 4.78 is 16.3. The maximum Gasteiger partial charge on any atom is 0.305 e. The fourth-order valence-electron chi connectivity index (χ4n) is 5.05. The molecule has 0 N–H and O–H groups in total. The van der Waals surface area contributed by atoms with Gasteiger partial charge in [-0.1, -0.05) is 18.2 Å². The van der Waals surface area contributed by atoms with E-state index in [4.69, 9.17) is 14.2 Å². The molecular weight excluding hydrogens is 472 g/mol. The number of hydrogen-bond donors (Lipinski definition) is 0. The molecule has 36 heavy (non-hydrogen) atoms. The van der Waals surface area contributed by atoms with Gasteiger partial charge in [0.2, 0.25) is 11.8 Å². The Kier molecular flexibility index (Phi) is 5.44. The van der Waals surface area contributed by atoms with E-state index >= 15 is 0 Å². The molecule has 3 heterocycles. The number of nitro groups is 1. The number of carbonyl (C=O) groups excluding carboxylic acids is 4. The molecule has 2 saturated heterocycles. The maximum absolute atomic E-state index is 13.6. The lowest BCUT2D eigenvalue weighted by Crippen LogP contribution is -2.52. The highest BCUT2D eigenvalue weighted by molar-refractivity contribution is 6.23. The Morgan fingerprint density at radius 1 is 0.972 bits per heavy atom. The minimum atomic E-state index is -1.62. The summed E-state index contributed by atoms with van der Waals surface area (Å²) in [5.74, 6) is -4.45. The zero-order valence-electron chi connectivity index (χ0n) is 19.2. The van der Waals surface area contributed by atoms with Crippen LogP contribution in [0.15, 0.2) is 60.7 Å². The molecule has 2 bridgehead atoms. The molecule has 0 radical (unpaired) electrons. The lowest BCUT2D eigenvalue weighted by atomic mass is 9.76. The van der Waals surface area contributed by atoms with Gasteiger partial charge >= 0.3 is 11.9 Å². The summed E-state index contributed by atoms with van der Waals surface area (Å²) in [7, 11) is 0. The number of nitro benzene ring substituents is 1. The molecule has 11 nitrogen and oxygen atoms in total. The van der Waals surface area contributed by atoms with Gasteiger partial charge in [-0.05, 0) is 41.5 Å². The molecule has 0 saturated carbocycles. The van der Waals surface area contributed by atoms with E-state index < -0.39 is 58.5 Å². The van der Waals surface area contributed by atoms with E-state index in [1.165, 1.54) is 18.2 Å². The number of imide groups is 1. The summed E-state index contributed by atoms with van der Waals surface area (Å²) >= 11 is 0. The number of esters is 2. The minimum Gasteiger partial charge on any atom is -0.422 e. The van der Waals surface area contributed by atoms with Gasteiger partial charge in [-0.3, -0.25) is 29.3 Å². The minimum absolute atomic E-state index is 0.0321. The fraction of sp³-hybridized carbons (Fsp3) is 0.280. The average molecular weight is 492 g/mol. The van der Waals surface area contributed by atoms with Gasteiger partial charge in [-0.2, -0.15) is 0 Å². The zero-order valence-corrected chi connectivity index (χ0v) is 19.2. The van der Waals surface area contributed by atoms with Crippen LogP contribution in [0.25, 0.3) is 11.1 Å². The Balaban J connectivity index is 1.44. The molecule has 11 heteroatoms. The highest BCUT2D eigenvalue weighted by atomic mass is 16.7. The number of rotatable bonds is 6. The topological polar surface area (TPSA) is 142 Å². The van der Waals surface area contributed by atoms with Gasteiger partial charge in [0.15, 0.2) is 5.60 Å². The maximum atomic E-state index is 13.6. The van der Waals surface area contributed by atoms with Crippen LogP contribution in [0, 0.1) is 22.0 Å². The molecule has 0 unspecified atom stereocenters. The van der Waals surface area contributed by atoms with Gasteiger partial charge in [-0.15, -0.1) is 0 Å². The first-order chi connectivity index (χ1) is 17.1. The van der Waals surface area contributed by atoms with Crippen LogP contribution in [0.3, 0.4) is 0 Å². The van der Waals surface area contributed by atoms with Crippen LogP contribution in [0.1, 0.15) is 13.8 Å². The summed E-state index contributed by atoms with van der Waals surface area (Å²) in [5, 5.41) is 10.9. The molecule has 3 aliphatic heterocycles. The van der Waals surface area contributed by atoms with Crippen molar-refractivity contribution < 1.29 is 38.3 Å². The summed E-state index contributed by atoms with van der Waals surface area (Å²) in [6, 6.07) is 12.6. The third kappa shape index (κ3) is 3.55. The van der Waals surface area contributed by atoms with E-state index in [1.807, 2.05) is 0 Å². The number of nitrogens with zero attached hydrogens (tertiary/aromatic N) is 2. The van der Waals surface area contributed by atoms with E-state index in [2.05, 4.69) is 0 Å². The molecule has 0 aliphatic carbocycles. The van der Waals surface area contributed by atoms with Gasteiger partial charge in [0.25, 0.3) is 12.0 Å². The van der Waals surface area contributed by atoms with Crippen molar-refractivity contribution in [1.82, 2.24) is 0 Å². The second-order valence-electron chi connectivity index (χ2n) is 8.71. The largest absolute Gasteiger partial charge is 0.422 e. The average Bonchev–Trinajstić information content (AvgIpc) is 3.49. The molecular formula is C25H20N2O9. The van der Waals surface area contributed by atoms with Crippen LogP contribution in [0.2, 0.25) is 0 Å². The number of ether oxygens (including phenoxy) is 3. The smallest absolute Gasteiger partial charge is 0.305 e. The molecule has 5 rings (SSSR count). The van der Waals surface area contributed by atoms with Crippen molar-refractivity contribution in [2.24, 2.45) is 11.8 Å².